The highest BCUT2D eigenvalue weighted by molar-refractivity contribution is 5.91. The van der Waals surface area contributed by atoms with Gasteiger partial charge in [0.2, 0.25) is 5.91 Å². The van der Waals surface area contributed by atoms with Crippen molar-refractivity contribution in [2.45, 2.75) is 20.4 Å². The van der Waals surface area contributed by atoms with Crippen LogP contribution in [-0.2, 0) is 16.1 Å². The van der Waals surface area contributed by atoms with E-state index in [1.165, 1.54) is 0 Å². The quantitative estimate of drug-likeness (QED) is 0.753. The molecule has 0 radical (unpaired) electrons. The fourth-order valence-electron chi connectivity index (χ4n) is 2.34. The van der Waals surface area contributed by atoms with Crippen LogP contribution in [0.25, 0.3) is 0 Å². The van der Waals surface area contributed by atoms with Crippen LogP contribution in [0, 0.1) is 17.3 Å². The molecule has 2 rings (SSSR count). The average Bonchev–Trinajstić information content (AvgIpc) is 2.65. The molecular weight excluding hydrogens is 236 g/mol. The number of carboxylic acids is 1. The minimum Gasteiger partial charge on any atom is -0.481 e. The minimum atomic E-state index is -0.906. The second-order valence-electron chi connectivity index (χ2n) is 5.07. The molecule has 0 spiro atoms. The van der Waals surface area contributed by atoms with Gasteiger partial charge in [0.15, 0.2) is 0 Å². The molecule has 0 saturated heterocycles. The van der Waals surface area contributed by atoms with Crippen LogP contribution in [0.5, 0.6) is 0 Å². The van der Waals surface area contributed by atoms with E-state index in [0.717, 1.165) is 0 Å². The van der Waals surface area contributed by atoms with Crippen molar-refractivity contribution in [1.29, 1.82) is 0 Å². The van der Waals surface area contributed by atoms with Gasteiger partial charge in [0.05, 0.1) is 24.6 Å². The van der Waals surface area contributed by atoms with Crippen LogP contribution in [0.4, 0.5) is 0 Å². The van der Waals surface area contributed by atoms with E-state index >= 15 is 0 Å². The number of carboxylic acid groups (broad SMARTS) is 1. The third-order valence-corrected chi connectivity index (χ3v) is 3.49. The molecule has 0 aromatic carbocycles. The Kier molecular flexibility index (Phi) is 3.06. The maximum atomic E-state index is 11.8. The molecule has 1 aromatic rings. The summed E-state index contributed by atoms with van der Waals surface area (Å²) in [4.78, 5) is 22.8. The number of carbonyl (C=O) groups is 2. The first-order chi connectivity index (χ1) is 8.44. The van der Waals surface area contributed by atoms with Crippen molar-refractivity contribution in [3.05, 3.63) is 12.4 Å². The van der Waals surface area contributed by atoms with Gasteiger partial charge < -0.3 is 10.4 Å². The van der Waals surface area contributed by atoms with Gasteiger partial charge in [-0.2, -0.15) is 0 Å². The van der Waals surface area contributed by atoms with E-state index < -0.39 is 23.2 Å². The van der Waals surface area contributed by atoms with Gasteiger partial charge in [0.1, 0.15) is 0 Å². The van der Waals surface area contributed by atoms with Crippen LogP contribution in [0.15, 0.2) is 12.4 Å². The molecule has 1 aliphatic carbocycles. The van der Waals surface area contributed by atoms with Gasteiger partial charge in [-0.25, -0.2) is 0 Å². The summed E-state index contributed by atoms with van der Waals surface area (Å²) in [7, 11) is 0. The molecule has 7 nitrogen and oxygen atoms in total. The van der Waals surface area contributed by atoms with E-state index in [9.17, 15) is 9.59 Å². The predicted octanol–water partition coefficient (Wildman–Crippen LogP) is -0.249. The maximum Gasteiger partial charge on any atom is 0.307 e. The molecule has 0 aliphatic heterocycles. The third-order valence-electron chi connectivity index (χ3n) is 3.49. The van der Waals surface area contributed by atoms with Crippen LogP contribution in [-0.4, -0.2) is 38.5 Å². The number of hydrogen-bond acceptors (Lipinski definition) is 4. The molecule has 98 valence electrons. The standard InChI is InChI=1S/C11H16N4O3/c1-11(2)7(8(11)10(17)18)9(16)12-3-5-15-6-4-13-14-15/h4,6-8H,3,5H2,1-2H3,(H,12,16)(H,17,18). The largest absolute Gasteiger partial charge is 0.481 e. The Bertz CT molecular complexity index is 455. The molecule has 1 heterocycles. The van der Waals surface area contributed by atoms with Crippen molar-refractivity contribution >= 4 is 11.9 Å². The van der Waals surface area contributed by atoms with Gasteiger partial charge >= 0.3 is 5.97 Å². The number of hydrogen-bond donors (Lipinski definition) is 2. The van der Waals surface area contributed by atoms with Gasteiger partial charge in [-0.05, 0) is 5.41 Å². The Morgan fingerprint density at radius 1 is 1.44 bits per heavy atom. The summed E-state index contributed by atoms with van der Waals surface area (Å²) < 4.78 is 1.60. The van der Waals surface area contributed by atoms with Gasteiger partial charge in [0.25, 0.3) is 0 Å². The number of nitrogens with zero attached hydrogens (tertiary/aromatic N) is 3. The van der Waals surface area contributed by atoms with Gasteiger partial charge in [-0.3, -0.25) is 14.3 Å². The molecule has 1 amide bonds. The zero-order chi connectivity index (χ0) is 13.3. The summed E-state index contributed by atoms with van der Waals surface area (Å²) in [6, 6.07) is 0. The summed E-state index contributed by atoms with van der Waals surface area (Å²) >= 11 is 0. The Morgan fingerprint density at radius 3 is 2.67 bits per heavy atom. The molecular formula is C11H16N4O3. The van der Waals surface area contributed by atoms with E-state index in [0.29, 0.717) is 13.1 Å². The lowest BCUT2D eigenvalue weighted by molar-refractivity contribution is -0.140. The van der Waals surface area contributed by atoms with Crippen molar-refractivity contribution in [2.75, 3.05) is 6.54 Å². The molecule has 2 unspecified atom stereocenters. The number of aromatic nitrogens is 3. The molecule has 1 fully saturated rings. The van der Waals surface area contributed by atoms with E-state index in [-0.39, 0.29) is 5.91 Å². The molecule has 2 atom stereocenters. The van der Waals surface area contributed by atoms with Gasteiger partial charge in [-0.15, -0.1) is 5.10 Å². The lowest BCUT2D eigenvalue weighted by Gasteiger charge is -2.05. The molecule has 0 bridgehead atoms. The highest BCUT2D eigenvalue weighted by Crippen LogP contribution is 2.58. The number of aliphatic carboxylic acids is 1. The van der Waals surface area contributed by atoms with Crippen LogP contribution in [0.3, 0.4) is 0 Å². The Hall–Kier alpha value is -1.92. The fourth-order valence-corrected chi connectivity index (χ4v) is 2.34. The Balaban J connectivity index is 1.81. The first-order valence-corrected chi connectivity index (χ1v) is 5.79. The van der Waals surface area contributed by atoms with Crippen LogP contribution >= 0.6 is 0 Å². The second kappa shape index (κ2) is 4.40. The molecule has 1 saturated carbocycles. The molecule has 2 N–H and O–H groups in total. The summed E-state index contributed by atoms with van der Waals surface area (Å²) in [5.74, 6) is -2.13. The van der Waals surface area contributed by atoms with Crippen molar-refractivity contribution in [3.8, 4) is 0 Å². The van der Waals surface area contributed by atoms with Gasteiger partial charge in [-0.1, -0.05) is 19.1 Å². The lowest BCUT2D eigenvalue weighted by Crippen LogP contribution is -2.30. The SMILES string of the molecule is CC1(C)C(C(=O)O)C1C(=O)NCCn1ccnn1. The molecule has 1 aliphatic rings. The van der Waals surface area contributed by atoms with Crippen molar-refractivity contribution in [3.63, 3.8) is 0 Å². The highest BCUT2D eigenvalue weighted by atomic mass is 16.4. The minimum absolute atomic E-state index is 0.201. The topological polar surface area (TPSA) is 97.1 Å². The average molecular weight is 252 g/mol. The monoisotopic (exact) mass is 252 g/mol. The number of nitrogens with one attached hydrogen (secondary N) is 1. The van der Waals surface area contributed by atoms with E-state index in [4.69, 9.17) is 5.11 Å². The van der Waals surface area contributed by atoms with Crippen LogP contribution in [0.2, 0.25) is 0 Å². The van der Waals surface area contributed by atoms with Crippen molar-refractivity contribution in [2.24, 2.45) is 17.3 Å². The zero-order valence-corrected chi connectivity index (χ0v) is 10.3. The normalized spacial score (nSPS) is 24.6. The Morgan fingerprint density at radius 2 is 2.17 bits per heavy atom. The van der Waals surface area contributed by atoms with Crippen molar-refractivity contribution in [1.82, 2.24) is 20.3 Å². The number of amides is 1. The first-order valence-electron chi connectivity index (χ1n) is 5.79. The summed E-state index contributed by atoms with van der Waals surface area (Å²) in [6.45, 7) is 4.54. The zero-order valence-electron chi connectivity index (χ0n) is 10.3. The fraction of sp³-hybridized carbons (Fsp3) is 0.636. The summed E-state index contributed by atoms with van der Waals surface area (Å²) in [6.07, 6.45) is 3.26. The smallest absolute Gasteiger partial charge is 0.307 e. The van der Waals surface area contributed by atoms with E-state index in [1.807, 2.05) is 0 Å². The predicted molar refractivity (Wildman–Crippen MR) is 61.4 cm³/mol. The van der Waals surface area contributed by atoms with Crippen molar-refractivity contribution < 1.29 is 14.7 Å². The summed E-state index contributed by atoms with van der Waals surface area (Å²) in [5.41, 5.74) is -0.455. The lowest BCUT2D eigenvalue weighted by atomic mass is 10.1. The number of rotatable bonds is 5. The van der Waals surface area contributed by atoms with Crippen LogP contribution < -0.4 is 5.32 Å². The van der Waals surface area contributed by atoms with Gasteiger partial charge in [0, 0.05) is 12.7 Å². The van der Waals surface area contributed by atoms with E-state index in [2.05, 4.69) is 15.6 Å². The maximum absolute atomic E-state index is 11.8. The second-order valence-corrected chi connectivity index (χ2v) is 5.07. The Labute approximate surface area is 104 Å². The number of carbonyl (C=O) groups excluding carboxylic acids is 1. The molecule has 7 heteroatoms. The highest BCUT2D eigenvalue weighted by Gasteiger charge is 2.65. The summed E-state index contributed by atoms with van der Waals surface area (Å²) in [5, 5.41) is 19.1. The first kappa shape index (κ1) is 12.5. The van der Waals surface area contributed by atoms with Crippen LogP contribution in [0.1, 0.15) is 13.8 Å². The van der Waals surface area contributed by atoms with E-state index in [1.54, 1.807) is 30.9 Å². The third kappa shape index (κ3) is 2.20. The molecule has 18 heavy (non-hydrogen) atoms. The molecule has 1 aromatic heterocycles.